The van der Waals surface area contributed by atoms with E-state index in [0.717, 1.165) is 51.4 Å². The van der Waals surface area contributed by atoms with Crippen molar-refractivity contribution >= 4 is 11.8 Å². The lowest BCUT2D eigenvalue weighted by atomic mass is 9.98. The second kappa shape index (κ2) is 11.9. The molecule has 19 heavy (non-hydrogen) atoms. The molecule has 0 fully saturated rings. The molecule has 0 heterocycles. The average molecular weight is 268 g/mol. The predicted molar refractivity (Wildman–Crippen MR) is 78.2 cm³/mol. The maximum Gasteiger partial charge on any atom is 0.303 e. The van der Waals surface area contributed by atoms with Gasteiger partial charge in [-0.25, -0.2) is 0 Å². The van der Waals surface area contributed by atoms with Gasteiger partial charge in [-0.15, -0.1) is 0 Å². The summed E-state index contributed by atoms with van der Waals surface area (Å²) >= 11 is 0. The molecule has 3 heteroatoms. The molecule has 0 spiro atoms. The van der Waals surface area contributed by atoms with E-state index in [1.165, 1.54) is 0 Å². The van der Waals surface area contributed by atoms with Crippen LogP contribution in [-0.4, -0.2) is 16.9 Å². The topological polar surface area (TPSA) is 54.4 Å². The van der Waals surface area contributed by atoms with Crippen LogP contribution in [0.1, 0.15) is 71.6 Å². The quantitative estimate of drug-likeness (QED) is 0.422. The van der Waals surface area contributed by atoms with E-state index in [0.29, 0.717) is 0 Å². The molecule has 1 unspecified atom stereocenters. The molecular weight excluding hydrogens is 240 g/mol. The van der Waals surface area contributed by atoms with Crippen LogP contribution in [-0.2, 0) is 9.59 Å². The van der Waals surface area contributed by atoms with Gasteiger partial charge < -0.3 is 5.11 Å². The first-order valence-corrected chi connectivity index (χ1v) is 7.46. The van der Waals surface area contributed by atoms with E-state index in [4.69, 9.17) is 5.11 Å². The van der Waals surface area contributed by atoms with E-state index in [2.05, 4.69) is 19.1 Å². The van der Waals surface area contributed by atoms with E-state index >= 15 is 0 Å². The highest BCUT2D eigenvalue weighted by molar-refractivity contribution is 5.79. The Labute approximate surface area is 117 Å². The normalized spacial score (nSPS) is 12.7. The highest BCUT2D eigenvalue weighted by atomic mass is 16.4. The molecule has 110 valence electrons. The standard InChI is InChI=1S/C16H28O3/c1-3-11-15(14(2)17)12-9-7-5-4-6-8-10-13-16(18)19/h9,12,15H,3-8,10-11,13H2,1-2H3,(H,18,19). The molecule has 0 saturated carbocycles. The van der Waals surface area contributed by atoms with Crippen molar-refractivity contribution in [2.24, 2.45) is 5.92 Å². The number of ketones is 1. The number of carboxylic acid groups (broad SMARTS) is 1. The molecular formula is C16H28O3. The van der Waals surface area contributed by atoms with Crippen molar-refractivity contribution in [2.75, 3.05) is 0 Å². The van der Waals surface area contributed by atoms with Crippen LogP contribution < -0.4 is 0 Å². The second-order valence-electron chi connectivity index (χ2n) is 5.13. The van der Waals surface area contributed by atoms with Crippen molar-refractivity contribution in [2.45, 2.75) is 71.6 Å². The summed E-state index contributed by atoms with van der Waals surface area (Å²) in [5.74, 6) is -0.346. The first-order chi connectivity index (χ1) is 9.07. The van der Waals surface area contributed by atoms with E-state index < -0.39 is 5.97 Å². The van der Waals surface area contributed by atoms with Gasteiger partial charge in [0.1, 0.15) is 5.78 Å². The van der Waals surface area contributed by atoms with Gasteiger partial charge in [-0.1, -0.05) is 44.8 Å². The number of carbonyl (C=O) groups is 2. The van der Waals surface area contributed by atoms with Gasteiger partial charge in [0.2, 0.25) is 0 Å². The summed E-state index contributed by atoms with van der Waals surface area (Å²) in [5.41, 5.74) is 0. The van der Waals surface area contributed by atoms with Gasteiger partial charge in [0.05, 0.1) is 0 Å². The van der Waals surface area contributed by atoms with Crippen molar-refractivity contribution in [3.8, 4) is 0 Å². The third kappa shape index (κ3) is 11.7. The highest BCUT2D eigenvalue weighted by Gasteiger charge is 2.07. The van der Waals surface area contributed by atoms with Gasteiger partial charge in [0, 0.05) is 12.3 Å². The largest absolute Gasteiger partial charge is 0.481 e. The van der Waals surface area contributed by atoms with Crippen molar-refractivity contribution in [3.63, 3.8) is 0 Å². The van der Waals surface area contributed by atoms with Crippen LogP contribution >= 0.6 is 0 Å². The minimum atomic E-state index is -0.700. The molecule has 0 radical (unpaired) electrons. The molecule has 0 aliphatic carbocycles. The third-order valence-corrected chi connectivity index (χ3v) is 3.25. The lowest BCUT2D eigenvalue weighted by molar-refractivity contribution is -0.137. The molecule has 0 aromatic heterocycles. The maximum atomic E-state index is 11.3. The summed E-state index contributed by atoms with van der Waals surface area (Å²) in [6.45, 7) is 3.76. The summed E-state index contributed by atoms with van der Waals surface area (Å²) in [6.07, 6.45) is 12.6. The lowest BCUT2D eigenvalue weighted by Gasteiger charge is -2.06. The average Bonchev–Trinajstić information content (AvgIpc) is 2.34. The second-order valence-corrected chi connectivity index (χ2v) is 5.13. The molecule has 0 saturated heterocycles. The van der Waals surface area contributed by atoms with Gasteiger partial charge in [-0.3, -0.25) is 9.59 Å². The SMILES string of the molecule is CCCC(C=CCCCCCCCC(=O)O)C(C)=O. The van der Waals surface area contributed by atoms with Crippen LogP contribution in [0.5, 0.6) is 0 Å². The van der Waals surface area contributed by atoms with Gasteiger partial charge in [-0.2, -0.15) is 0 Å². The monoisotopic (exact) mass is 268 g/mol. The first-order valence-electron chi connectivity index (χ1n) is 7.46. The predicted octanol–water partition coefficient (Wildman–Crippen LogP) is 4.36. The van der Waals surface area contributed by atoms with Crippen LogP contribution in [0.15, 0.2) is 12.2 Å². The van der Waals surface area contributed by atoms with E-state index in [9.17, 15) is 9.59 Å². The molecule has 0 amide bonds. The Bertz CT molecular complexity index is 282. The van der Waals surface area contributed by atoms with E-state index in [1.54, 1.807) is 6.92 Å². The third-order valence-electron chi connectivity index (χ3n) is 3.25. The zero-order chi connectivity index (χ0) is 14.5. The fraction of sp³-hybridized carbons (Fsp3) is 0.750. The molecule has 0 aromatic rings. The minimum absolute atomic E-state index is 0.0977. The Morgan fingerprint density at radius 3 is 2.32 bits per heavy atom. The smallest absolute Gasteiger partial charge is 0.303 e. The maximum absolute atomic E-state index is 11.3. The van der Waals surface area contributed by atoms with Crippen LogP contribution in [0.3, 0.4) is 0 Å². The van der Waals surface area contributed by atoms with E-state index in [-0.39, 0.29) is 18.1 Å². The number of allylic oxidation sites excluding steroid dienone is 2. The summed E-state index contributed by atoms with van der Waals surface area (Å²) in [4.78, 5) is 21.6. The number of Topliss-reactive ketones (excluding diaryl/α,β-unsaturated/α-hetero) is 1. The van der Waals surface area contributed by atoms with Gasteiger partial charge in [0.15, 0.2) is 0 Å². The fourth-order valence-corrected chi connectivity index (χ4v) is 2.08. The van der Waals surface area contributed by atoms with Crippen LogP contribution in [0, 0.1) is 5.92 Å². The number of rotatable bonds is 12. The number of carbonyl (C=O) groups excluding carboxylic acids is 1. The van der Waals surface area contributed by atoms with Crippen LogP contribution in [0.4, 0.5) is 0 Å². The Morgan fingerprint density at radius 1 is 1.11 bits per heavy atom. The summed E-state index contributed by atoms with van der Waals surface area (Å²) in [7, 11) is 0. The van der Waals surface area contributed by atoms with Crippen molar-refractivity contribution in [1.82, 2.24) is 0 Å². The van der Waals surface area contributed by atoms with Crippen molar-refractivity contribution in [3.05, 3.63) is 12.2 Å². The van der Waals surface area contributed by atoms with Crippen LogP contribution in [0.2, 0.25) is 0 Å². The Hall–Kier alpha value is -1.12. The summed E-state index contributed by atoms with van der Waals surface area (Å²) in [5, 5.41) is 8.49. The van der Waals surface area contributed by atoms with Gasteiger partial charge >= 0.3 is 5.97 Å². The number of hydrogen-bond donors (Lipinski definition) is 1. The van der Waals surface area contributed by atoms with Gasteiger partial charge in [-0.05, 0) is 32.6 Å². The van der Waals surface area contributed by atoms with Crippen molar-refractivity contribution in [1.29, 1.82) is 0 Å². The number of aliphatic carboxylic acids is 1. The minimum Gasteiger partial charge on any atom is -0.481 e. The molecule has 0 aliphatic heterocycles. The molecule has 1 N–H and O–H groups in total. The number of unbranched alkanes of at least 4 members (excludes halogenated alkanes) is 5. The molecule has 1 atom stereocenters. The van der Waals surface area contributed by atoms with E-state index in [1.807, 2.05) is 0 Å². The lowest BCUT2D eigenvalue weighted by Crippen LogP contribution is -2.06. The van der Waals surface area contributed by atoms with Gasteiger partial charge in [0.25, 0.3) is 0 Å². The Kier molecular flexibility index (Phi) is 11.2. The fourth-order valence-electron chi connectivity index (χ4n) is 2.08. The summed E-state index contributed by atoms with van der Waals surface area (Å²) < 4.78 is 0. The number of hydrogen-bond acceptors (Lipinski definition) is 2. The Morgan fingerprint density at radius 2 is 1.74 bits per heavy atom. The molecule has 0 bridgehead atoms. The highest BCUT2D eigenvalue weighted by Crippen LogP contribution is 2.12. The molecule has 0 aliphatic rings. The van der Waals surface area contributed by atoms with Crippen molar-refractivity contribution < 1.29 is 14.7 Å². The zero-order valence-electron chi connectivity index (χ0n) is 12.4. The zero-order valence-corrected chi connectivity index (χ0v) is 12.4. The molecule has 0 rings (SSSR count). The molecule has 0 aromatic carbocycles. The van der Waals surface area contributed by atoms with Crippen LogP contribution in [0.25, 0.3) is 0 Å². The number of carboxylic acids is 1. The Balaban J connectivity index is 3.51. The molecule has 3 nitrogen and oxygen atoms in total. The summed E-state index contributed by atoms with van der Waals surface area (Å²) in [6, 6.07) is 0. The first kappa shape index (κ1) is 17.9.